The second-order valence-corrected chi connectivity index (χ2v) is 6.82. The Morgan fingerprint density at radius 3 is 1.46 bits per heavy atom. The SMILES string of the molecule is CCCCCCCCCCCCOS(=O)(=O)O.CCOCC.NCCO. The molecule has 0 saturated carbocycles. The molecule has 7 nitrogen and oxygen atoms in total. The van der Waals surface area contributed by atoms with Gasteiger partial charge in [0.2, 0.25) is 0 Å². The van der Waals surface area contributed by atoms with Crippen molar-refractivity contribution in [1.82, 2.24) is 0 Å². The summed E-state index contributed by atoms with van der Waals surface area (Å²) in [7, 11) is -4.23. The maximum Gasteiger partial charge on any atom is 0.397 e. The first-order valence-electron chi connectivity index (χ1n) is 9.89. The Morgan fingerprint density at radius 1 is 0.808 bits per heavy atom. The molecule has 0 bridgehead atoms. The van der Waals surface area contributed by atoms with Gasteiger partial charge in [-0.1, -0.05) is 64.7 Å². The lowest BCUT2D eigenvalue weighted by atomic mass is 10.1. The number of rotatable bonds is 15. The van der Waals surface area contributed by atoms with E-state index in [1.54, 1.807) is 0 Å². The molecule has 0 heterocycles. The van der Waals surface area contributed by atoms with Crippen molar-refractivity contribution < 1.29 is 27.0 Å². The Labute approximate surface area is 161 Å². The molecular weight excluding hydrogens is 358 g/mol. The van der Waals surface area contributed by atoms with Gasteiger partial charge in [-0.25, -0.2) is 4.18 Å². The minimum Gasteiger partial charge on any atom is -0.395 e. The first-order valence-corrected chi connectivity index (χ1v) is 11.3. The van der Waals surface area contributed by atoms with Crippen LogP contribution in [-0.4, -0.2) is 51.0 Å². The van der Waals surface area contributed by atoms with Crippen molar-refractivity contribution >= 4 is 10.4 Å². The van der Waals surface area contributed by atoms with Crippen LogP contribution < -0.4 is 5.73 Å². The van der Waals surface area contributed by atoms with Crippen molar-refractivity contribution in [3.63, 3.8) is 0 Å². The predicted octanol–water partition coefficient (Wildman–Crippen LogP) is 3.71. The number of aliphatic hydroxyl groups is 1. The van der Waals surface area contributed by atoms with Crippen LogP contribution in [0.2, 0.25) is 0 Å². The zero-order valence-electron chi connectivity index (χ0n) is 17.1. The van der Waals surface area contributed by atoms with Crippen molar-refractivity contribution in [2.45, 2.75) is 85.0 Å². The molecule has 0 aliphatic rings. The van der Waals surface area contributed by atoms with E-state index in [2.05, 4.69) is 11.1 Å². The summed E-state index contributed by atoms with van der Waals surface area (Å²) >= 11 is 0. The summed E-state index contributed by atoms with van der Waals surface area (Å²) in [5.74, 6) is 0. The zero-order chi connectivity index (χ0) is 20.5. The molecule has 0 fully saturated rings. The lowest BCUT2D eigenvalue weighted by molar-refractivity contribution is 0.162. The highest BCUT2D eigenvalue weighted by Gasteiger charge is 2.02. The molecular formula is C18H43NO6S. The maximum absolute atomic E-state index is 10.2. The summed E-state index contributed by atoms with van der Waals surface area (Å²) in [6, 6.07) is 0. The van der Waals surface area contributed by atoms with Crippen LogP contribution in [0.3, 0.4) is 0 Å². The zero-order valence-corrected chi connectivity index (χ0v) is 17.9. The highest BCUT2D eigenvalue weighted by Crippen LogP contribution is 2.10. The number of hydrogen-bond donors (Lipinski definition) is 3. The quantitative estimate of drug-likeness (QED) is 0.283. The normalized spacial score (nSPS) is 10.5. The molecule has 0 aliphatic carbocycles. The molecule has 0 aromatic heterocycles. The molecule has 0 atom stereocenters. The van der Waals surface area contributed by atoms with E-state index < -0.39 is 10.4 Å². The van der Waals surface area contributed by atoms with Crippen LogP contribution in [0.1, 0.15) is 85.0 Å². The van der Waals surface area contributed by atoms with E-state index in [4.69, 9.17) is 20.1 Å². The lowest BCUT2D eigenvalue weighted by Gasteiger charge is -2.02. The Hall–Kier alpha value is -0.250. The molecule has 26 heavy (non-hydrogen) atoms. The molecule has 0 amide bonds. The first-order chi connectivity index (χ1) is 12.4. The Bertz CT molecular complexity index is 322. The van der Waals surface area contributed by atoms with Gasteiger partial charge in [-0.05, 0) is 20.3 Å². The third-order valence-corrected chi connectivity index (χ3v) is 3.73. The Morgan fingerprint density at radius 2 is 1.19 bits per heavy atom. The van der Waals surface area contributed by atoms with E-state index >= 15 is 0 Å². The molecule has 0 spiro atoms. The van der Waals surface area contributed by atoms with E-state index in [9.17, 15) is 8.42 Å². The summed E-state index contributed by atoms with van der Waals surface area (Å²) in [6.07, 6.45) is 11.9. The third-order valence-electron chi connectivity index (χ3n) is 3.27. The van der Waals surface area contributed by atoms with Crippen molar-refractivity contribution in [2.75, 3.05) is 33.0 Å². The molecule has 0 aliphatic heterocycles. The van der Waals surface area contributed by atoms with Crippen molar-refractivity contribution in [3.05, 3.63) is 0 Å². The van der Waals surface area contributed by atoms with Crippen LogP contribution in [0.5, 0.6) is 0 Å². The number of aliphatic hydroxyl groups excluding tert-OH is 1. The van der Waals surface area contributed by atoms with E-state index in [0.717, 1.165) is 26.1 Å². The van der Waals surface area contributed by atoms with Gasteiger partial charge in [0.05, 0.1) is 13.2 Å². The summed E-state index contributed by atoms with van der Waals surface area (Å²) < 4.78 is 37.8. The fourth-order valence-corrected chi connectivity index (χ4v) is 2.29. The number of unbranched alkanes of at least 4 members (excludes halogenated alkanes) is 9. The molecule has 8 heteroatoms. The summed E-state index contributed by atoms with van der Waals surface area (Å²) in [5, 5.41) is 7.75. The fourth-order valence-electron chi connectivity index (χ4n) is 1.96. The summed E-state index contributed by atoms with van der Waals surface area (Å²) in [5.41, 5.74) is 4.78. The van der Waals surface area contributed by atoms with Gasteiger partial charge >= 0.3 is 10.4 Å². The van der Waals surface area contributed by atoms with Gasteiger partial charge in [0, 0.05) is 19.8 Å². The standard InChI is InChI=1S/C12H26O4S.C4H10O.C2H7NO/c1-2-3-4-5-6-7-8-9-10-11-12-16-17(13,14)15;1-3-5-4-2;3-1-2-4/h2-12H2,1H3,(H,13,14,15);3-4H2,1-2H3;4H,1-3H2. The van der Waals surface area contributed by atoms with Crippen LogP contribution in [0, 0.1) is 0 Å². The highest BCUT2D eigenvalue weighted by atomic mass is 32.3. The van der Waals surface area contributed by atoms with Gasteiger partial charge in [-0.3, -0.25) is 4.55 Å². The van der Waals surface area contributed by atoms with Gasteiger partial charge in [-0.15, -0.1) is 0 Å². The van der Waals surface area contributed by atoms with Crippen LogP contribution in [-0.2, 0) is 19.3 Å². The van der Waals surface area contributed by atoms with Gasteiger partial charge in [-0.2, -0.15) is 8.42 Å². The minimum atomic E-state index is -4.23. The molecule has 0 rings (SSSR count). The smallest absolute Gasteiger partial charge is 0.395 e. The van der Waals surface area contributed by atoms with Crippen LogP contribution in [0.25, 0.3) is 0 Å². The van der Waals surface area contributed by atoms with Crippen molar-refractivity contribution in [3.8, 4) is 0 Å². The molecule has 0 unspecified atom stereocenters. The second kappa shape index (κ2) is 27.0. The topological polar surface area (TPSA) is 119 Å². The van der Waals surface area contributed by atoms with Crippen LogP contribution >= 0.6 is 0 Å². The van der Waals surface area contributed by atoms with Crippen molar-refractivity contribution in [2.24, 2.45) is 5.73 Å². The van der Waals surface area contributed by atoms with E-state index in [1.165, 1.54) is 44.9 Å². The molecule has 0 radical (unpaired) electrons. The minimum absolute atomic E-state index is 0.0926. The molecule has 0 aromatic rings. The predicted molar refractivity (Wildman–Crippen MR) is 108 cm³/mol. The lowest BCUT2D eigenvalue weighted by Crippen LogP contribution is -2.04. The molecule has 0 aromatic carbocycles. The van der Waals surface area contributed by atoms with Crippen LogP contribution in [0.15, 0.2) is 0 Å². The number of ether oxygens (including phenoxy) is 1. The summed E-state index contributed by atoms with van der Waals surface area (Å²) in [6.45, 7) is 8.45. The van der Waals surface area contributed by atoms with E-state index in [1.807, 2.05) is 13.8 Å². The van der Waals surface area contributed by atoms with E-state index in [-0.39, 0.29) is 13.2 Å². The Kier molecular flexibility index (Phi) is 31.6. The average Bonchev–Trinajstić information content (AvgIpc) is 2.60. The monoisotopic (exact) mass is 401 g/mol. The average molecular weight is 402 g/mol. The summed E-state index contributed by atoms with van der Waals surface area (Å²) in [4.78, 5) is 0. The number of hydrogen-bond acceptors (Lipinski definition) is 6. The number of nitrogens with two attached hydrogens (primary N) is 1. The Balaban J connectivity index is -0.000000484. The maximum atomic E-state index is 10.2. The van der Waals surface area contributed by atoms with Crippen molar-refractivity contribution in [1.29, 1.82) is 0 Å². The largest absolute Gasteiger partial charge is 0.397 e. The van der Waals surface area contributed by atoms with Gasteiger partial charge in [0.15, 0.2) is 0 Å². The first kappa shape index (κ1) is 30.5. The molecule has 0 saturated heterocycles. The van der Waals surface area contributed by atoms with E-state index in [0.29, 0.717) is 13.0 Å². The molecule has 162 valence electrons. The van der Waals surface area contributed by atoms with Gasteiger partial charge in [0.25, 0.3) is 0 Å². The highest BCUT2D eigenvalue weighted by molar-refractivity contribution is 7.80. The third kappa shape index (κ3) is 43.8. The van der Waals surface area contributed by atoms with Crippen LogP contribution in [0.4, 0.5) is 0 Å². The second-order valence-electron chi connectivity index (χ2n) is 5.73. The van der Waals surface area contributed by atoms with Gasteiger partial charge in [0.1, 0.15) is 0 Å². The fraction of sp³-hybridized carbons (Fsp3) is 1.00. The van der Waals surface area contributed by atoms with Gasteiger partial charge < -0.3 is 15.6 Å². The molecule has 4 N–H and O–H groups in total.